The Kier molecular flexibility index (Phi) is 13.8. The van der Waals surface area contributed by atoms with E-state index in [-0.39, 0.29) is 22.3 Å². The first-order valence-electron chi connectivity index (χ1n) is 17.9. The molecule has 0 spiro atoms. The summed E-state index contributed by atoms with van der Waals surface area (Å²) in [6.45, 7) is 7.90. The Morgan fingerprint density at radius 1 is 0.796 bits per heavy atom. The monoisotopic (exact) mass is 797 g/mol. The average Bonchev–Trinajstić information content (AvgIpc) is 3.13. The number of rotatable bonds is 13. The first-order valence-corrected chi connectivity index (χ1v) is 20.9. The van der Waals surface area contributed by atoms with E-state index >= 15 is 0 Å². The van der Waals surface area contributed by atoms with Crippen LogP contribution in [0.15, 0.2) is 63.4 Å². The third-order valence-corrected chi connectivity index (χ3v) is 13.5. The highest BCUT2D eigenvalue weighted by Crippen LogP contribution is 2.38. The normalized spacial score (nSPS) is 36.3. The van der Waals surface area contributed by atoms with Crippen molar-refractivity contribution in [3.05, 3.63) is 70.1 Å². The van der Waals surface area contributed by atoms with Crippen LogP contribution < -0.4 is 9.44 Å². The summed E-state index contributed by atoms with van der Waals surface area (Å²) in [4.78, 5) is 2.82. The molecule has 7 unspecified atom stereocenters. The van der Waals surface area contributed by atoms with E-state index in [1.807, 2.05) is 13.8 Å². The van der Waals surface area contributed by atoms with Gasteiger partial charge in [0, 0.05) is 29.2 Å². The van der Waals surface area contributed by atoms with Crippen LogP contribution in [-0.4, -0.2) is 118 Å². The van der Waals surface area contributed by atoms with Gasteiger partial charge >= 0.3 is 0 Å². The number of aryl methyl sites for hydroxylation is 2. The third-order valence-electron chi connectivity index (χ3n) is 10.6. The average molecular weight is 798 g/mol. The summed E-state index contributed by atoms with van der Waals surface area (Å²) in [6, 6.07) is 9.97. The fraction of sp³-hybridized carbons (Fsp3) is 0.657. The zero-order valence-electron chi connectivity index (χ0n) is 30.7. The van der Waals surface area contributed by atoms with Crippen molar-refractivity contribution in [3.8, 4) is 0 Å². The van der Waals surface area contributed by atoms with E-state index in [1.54, 1.807) is 45.0 Å². The van der Waals surface area contributed by atoms with Crippen LogP contribution in [0.5, 0.6) is 0 Å². The second kappa shape index (κ2) is 17.6. The molecule has 2 aliphatic heterocycles. The smallest absolute Gasteiger partial charge is 0.240 e. The number of aliphatic hydroxyl groups is 4. The Bertz CT molecular complexity index is 1830. The van der Waals surface area contributed by atoms with Crippen molar-refractivity contribution in [1.29, 1.82) is 0 Å². The quantitative estimate of drug-likeness (QED) is 0.0960. The zero-order chi connectivity index (χ0) is 39.5. The predicted octanol–water partition coefficient (Wildman–Crippen LogP) is 1.61. The summed E-state index contributed by atoms with van der Waals surface area (Å²) in [6.07, 6.45) is -10.4. The molecule has 0 bridgehead atoms. The van der Waals surface area contributed by atoms with Gasteiger partial charge in [0.25, 0.3) is 0 Å². The van der Waals surface area contributed by atoms with Crippen molar-refractivity contribution in [3.63, 3.8) is 0 Å². The maximum atomic E-state index is 13.7. The van der Waals surface area contributed by atoms with Crippen LogP contribution in [0.4, 0.5) is 0 Å². The van der Waals surface area contributed by atoms with Gasteiger partial charge in [0.15, 0.2) is 12.6 Å². The summed E-state index contributed by atoms with van der Waals surface area (Å²) in [7, 11) is -8.14. The molecule has 3 fully saturated rings. The van der Waals surface area contributed by atoms with Gasteiger partial charge in [-0.05, 0) is 56.5 Å². The Balaban J connectivity index is 1.41. The van der Waals surface area contributed by atoms with E-state index in [0.717, 1.165) is 11.1 Å². The molecule has 5 rings (SSSR count). The predicted molar refractivity (Wildman–Crippen MR) is 193 cm³/mol. The van der Waals surface area contributed by atoms with Gasteiger partial charge in [0.1, 0.15) is 18.3 Å². The molecule has 19 heteroatoms. The minimum absolute atomic E-state index is 0.0788. The molecule has 6 N–H and O–H groups in total. The molecule has 0 aromatic heterocycles. The van der Waals surface area contributed by atoms with E-state index in [2.05, 4.69) is 19.5 Å². The number of azide groups is 1. The second-order valence-corrected chi connectivity index (χ2v) is 18.1. The summed E-state index contributed by atoms with van der Waals surface area (Å²) in [5.74, 6) is -2.03. The number of benzene rings is 2. The SMILES string of the molecule is Cc1ccc(S(=O)(=O)NCC2CCC(C)[C@@H](OC3C(O)[C@@H](O[C@H]4OC(CO)[C@@H](O)[C@H](N=[N+]=[N-])C4C)[C@H](C)C(O)[C@@H]3NS(=O)(=O)c3ccc(C)cc3)O2)cc1. The molecule has 17 nitrogen and oxygen atoms in total. The fourth-order valence-electron chi connectivity index (χ4n) is 7.11. The highest BCUT2D eigenvalue weighted by molar-refractivity contribution is 7.89. The van der Waals surface area contributed by atoms with Gasteiger partial charge in [-0.2, -0.15) is 0 Å². The van der Waals surface area contributed by atoms with Crippen LogP contribution in [0.2, 0.25) is 0 Å². The Morgan fingerprint density at radius 3 is 1.94 bits per heavy atom. The van der Waals surface area contributed by atoms with Gasteiger partial charge in [-0.3, -0.25) is 0 Å². The minimum atomic E-state index is -4.28. The summed E-state index contributed by atoms with van der Waals surface area (Å²) < 4.78 is 83.2. The lowest BCUT2D eigenvalue weighted by molar-refractivity contribution is -0.317. The Labute approximate surface area is 315 Å². The third kappa shape index (κ3) is 9.43. The molecule has 2 saturated heterocycles. The van der Waals surface area contributed by atoms with Crippen molar-refractivity contribution in [2.24, 2.45) is 22.9 Å². The lowest BCUT2D eigenvalue weighted by atomic mass is 9.78. The number of sulfonamides is 2. The van der Waals surface area contributed by atoms with E-state index in [0.29, 0.717) is 12.8 Å². The standard InChI is InChI=1S/C35H51N5O12S2/c1-18-6-12-24(13-7-18)53(45,46)37-16-23-11-10-20(3)34(49-23)52-33-28(39-54(47,48)25-14-8-19(2)9-15-25)29(42)22(5)32(31(33)44)51-35-21(4)27(38-40-36)30(43)26(17-41)50-35/h6-9,12-15,20-23,26-35,37,39,41-44H,10-11,16-17H2,1-5H3/t20?,21?,22-,23?,26?,27-,28+,29?,30-,31?,32+,33?,34-,35-/m1/s1. The van der Waals surface area contributed by atoms with Crippen LogP contribution in [0.3, 0.4) is 0 Å². The summed E-state index contributed by atoms with van der Waals surface area (Å²) in [5.41, 5.74) is 10.9. The maximum absolute atomic E-state index is 13.7. The first-order chi connectivity index (χ1) is 25.5. The lowest BCUT2D eigenvalue weighted by Crippen LogP contribution is -2.68. The van der Waals surface area contributed by atoms with Crippen molar-refractivity contribution >= 4 is 20.0 Å². The van der Waals surface area contributed by atoms with Crippen molar-refractivity contribution in [2.75, 3.05) is 13.2 Å². The number of nitrogens with one attached hydrogen (secondary N) is 2. The van der Waals surface area contributed by atoms with Crippen molar-refractivity contribution in [1.82, 2.24) is 9.44 Å². The highest BCUT2D eigenvalue weighted by atomic mass is 32.2. The molecule has 14 atom stereocenters. The van der Waals surface area contributed by atoms with Crippen LogP contribution >= 0.6 is 0 Å². The largest absolute Gasteiger partial charge is 0.394 e. The number of ether oxygens (including phenoxy) is 4. The molecule has 2 aromatic rings. The fourth-order valence-corrected chi connectivity index (χ4v) is 9.44. The molecule has 54 heavy (non-hydrogen) atoms. The number of hydrogen-bond donors (Lipinski definition) is 6. The zero-order valence-corrected chi connectivity index (χ0v) is 32.4. The maximum Gasteiger partial charge on any atom is 0.240 e. The highest BCUT2D eigenvalue weighted by Gasteiger charge is 2.54. The van der Waals surface area contributed by atoms with Gasteiger partial charge in [-0.25, -0.2) is 26.3 Å². The van der Waals surface area contributed by atoms with Crippen LogP contribution in [0, 0.1) is 31.6 Å². The molecular weight excluding hydrogens is 747 g/mol. The Hall–Kier alpha value is -2.75. The van der Waals surface area contributed by atoms with Gasteiger partial charge in [0.05, 0.1) is 52.9 Å². The van der Waals surface area contributed by atoms with Gasteiger partial charge < -0.3 is 39.4 Å². The molecule has 0 radical (unpaired) electrons. The van der Waals surface area contributed by atoms with Crippen molar-refractivity contribution < 1.29 is 56.2 Å². The molecule has 3 aliphatic rings. The van der Waals surface area contributed by atoms with E-state index < -0.39 is 106 Å². The molecule has 2 aromatic carbocycles. The molecular formula is C35H51N5O12S2. The molecule has 0 amide bonds. The molecule has 2 heterocycles. The summed E-state index contributed by atoms with van der Waals surface area (Å²) >= 11 is 0. The molecule has 1 saturated carbocycles. The Morgan fingerprint density at radius 2 is 1.37 bits per heavy atom. The second-order valence-electron chi connectivity index (χ2n) is 14.6. The molecule has 1 aliphatic carbocycles. The lowest BCUT2D eigenvalue weighted by Gasteiger charge is -2.50. The van der Waals surface area contributed by atoms with Crippen LogP contribution in [0.25, 0.3) is 10.4 Å². The van der Waals surface area contributed by atoms with Gasteiger partial charge in [-0.1, -0.05) is 61.3 Å². The topological polar surface area (TPSA) is 259 Å². The minimum Gasteiger partial charge on any atom is -0.394 e. The number of aliphatic hydroxyl groups excluding tert-OH is 4. The summed E-state index contributed by atoms with van der Waals surface area (Å²) in [5, 5.41) is 48.0. The van der Waals surface area contributed by atoms with E-state index in [9.17, 15) is 37.3 Å². The van der Waals surface area contributed by atoms with Crippen LogP contribution in [0.1, 0.15) is 44.7 Å². The number of nitrogens with zero attached hydrogens (tertiary/aromatic N) is 3. The first kappa shape index (κ1) is 42.4. The van der Waals surface area contributed by atoms with E-state index in [4.69, 9.17) is 24.5 Å². The number of hydrogen-bond acceptors (Lipinski definition) is 13. The van der Waals surface area contributed by atoms with Gasteiger partial charge in [-0.15, -0.1) is 0 Å². The van der Waals surface area contributed by atoms with Crippen molar-refractivity contribution in [2.45, 2.75) is 125 Å². The van der Waals surface area contributed by atoms with Gasteiger partial charge in [0.2, 0.25) is 20.0 Å². The van der Waals surface area contributed by atoms with E-state index in [1.165, 1.54) is 24.3 Å². The van der Waals surface area contributed by atoms with Crippen LogP contribution in [-0.2, 0) is 39.0 Å². The molecule has 300 valence electrons.